The Balaban J connectivity index is 0.00000272. The van der Waals surface area contributed by atoms with E-state index in [4.69, 9.17) is 9.47 Å². The smallest absolute Gasteiger partial charge is 0.193 e. The Morgan fingerprint density at radius 1 is 1.00 bits per heavy atom. The molecule has 7 heteroatoms. The number of para-hydroxylation sites is 1. The first-order valence-electron chi connectivity index (χ1n) is 10.9. The summed E-state index contributed by atoms with van der Waals surface area (Å²) in [5, 5.41) is 3.52. The number of halogens is 1. The number of nitrogens with one attached hydrogen (secondary N) is 1. The summed E-state index contributed by atoms with van der Waals surface area (Å²) in [6.07, 6.45) is 2.28. The van der Waals surface area contributed by atoms with Crippen LogP contribution in [0.4, 0.5) is 5.69 Å². The number of hydrogen-bond donors (Lipinski definition) is 1. The van der Waals surface area contributed by atoms with E-state index in [1.165, 1.54) is 11.3 Å². The van der Waals surface area contributed by atoms with Crippen LogP contribution in [0.1, 0.15) is 18.4 Å². The molecule has 6 nitrogen and oxygen atoms in total. The summed E-state index contributed by atoms with van der Waals surface area (Å²) in [7, 11) is 1.86. The molecule has 0 spiro atoms. The van der Waals surface area contributed by atoms with Gasteiger partial charge in [0.25, 0.3) is 0 Å². The molecule has 2 fully saturated rings. The molecule has 2 aromatic carbocycles. The van der Waals surface area contributed by atoms with E-state index in [1.807, 2.05) is 37.4 Å². The minimum Gasteiger partial charge on any atom is -0.490 e. The van der Waals surface area contributed by atoms with Crippen molar-refractivity contribution in [2.75, 3.05) is 51.3 Å². The van der Waals surface area contributed by atoms with Crippen LogP contribution in [0, 0.1) is 0 Å². The van der Waals surface area contributed by atoms with Gasteiger partial charge in [-0.15, -0.1) is 24.0 Å². The summed E-state index contributed by atoms with van der Waals surface area (Å²) in [6.45, 7) is 6.23. The Kier molecular flexibility index (Phi) is 9.27. The maximum absolute atomic E-state index is 6.11. The standard InChI is InChI=1S/C24H32N4O2.HI/c1-25-24(28-13-11-23(12-14-28)30-22-5-3-2-4-6-22)26-19-20-7-9-21(10-8-20)27-15-17-29-18-16-27;/h2-10,23H,11-19H2,1H3,(H,25,26);1H. The maximum atomic E-state index is 6.11. The van der Waals surface area contributed by atoms with Gasteiger partial charge in [-0.1, -0.05) is 30.3 Å². The average Bonchev–Trinajstić information content (AvgIpc) is 2.82. The fourth-order valence-corrected chi connectivity index (χ4v) is 4.04. The topological polar surface area (TPSA) is 49.3 Å². The number of ether oxygens (including phenoxy) is 2. The number of morpholine rings is 1. The number of aliphatic imine (C=N–C) groups is 1. The molecule has 0 aromatic heterocycles. The molecule has 31 heavy (non-hydrogen) atoms. The highest BCUT2D eigenvalue weighted by Crippen LogP contribution is 2.19. The van der Waals surface area contributed by atoms with Gasteiger partial charge in [-0.25, -0.2) is 0 Å². The molecule has 1 N–H and O–H groups in total. The number of likely N-dealkylation sites (tertiary alicyclic amines) is 1. The largest absolute Gasteiger partial charge is 0.490 e. The molecule has 0 aliphatic carbocycles. The zero-order chi connectivity index (χ0) is 20.6. The highest BCUT2D eigenvalue weighted by atomic mass is 127. The number of benzene rings is 2. The van der Waals surface area contributed by atoms with Crippen LogP contribution < -0.4 is 15.0 Å². The molecule has 0 amide bonds. The first-order valence-corrected chi connectivity index (χ1v) is 10.9. The van der Waals surface area contributed by atoms with E-state index in [0.717, 1.165) is 70.5 Å². The molecule has 0 radical (unpaired) electrons. The minimum absolute atomic E-state index is 0. The van der Waals surface area contributed by atoms with Gasteiger partial charge in [0.1, 0.15) is 11.9 Å². The average molecular weight is 536 g/mol. The Hall–Kier alpha value is -2.00. The summed E-state index contributed by atoms with van der Waals surface area (Å²) in [5.74, 6) is 1.92. The predicted octanol–water partition coefficient (Wildman–Crippen LogP) is 3.76. The molecule has 0 saturated carbocycles. The molecular weight excluding hydrogens is 503 g/mol. The zero-order valence-corrected chi connectivity index (χ0v) is 20.5. The van der Waals surface area contributed by atoms with Crippen molar-refractivity contribution in [1.29, 1.82) is 0 Å². The van der Waals surface area contributed by atoms with Crippen molar-refractivity contribution in [3.63, 3.8) is 0 Å². The number of nitrogens with zero attached hydrogens (tertiary/aromatic N) is 3. The number of hydrogen-bond acceptors (Lipinski definition) is 4. The lowest BCUT2D eigenvalue weighted by atomic mass is 10.1. The molecule has 0 unspecified atom stereocenters. The quantitative estimate of drug-likeness (QED) is 0.359. The molecule has 2 heterocycles. The van der Waals surface area contributed by atoms with Crippen LogP contribution in [0.3, 0.4) is 0 Å². The summed E-state index contributed by atoms with van der Waals surface area (Å²) in [5.41, 5.74) is 2.53. The van der Waals surface area contributed by atoms with Gasteiger partial charge in [-0.2, -0.15) is 0 Å². The van der Waals surface area contributed by atoms with Crippen molar-refractivity contribution in [2.24, 2.45) is 4.99 Å². The summed E-state index contributed by atoms with van der Waals surface area (Å²) in [4.78, 5) is 9.20. The van der Waals surface area contributed by atoms with Crippen LogP contribution in [-0.4, -0.2) is 63.4 Å². The predicted molar refractivity (Wildman–Crippen MR) is 137 cm³/mol. The van der Waals surface area contributed by atoms with Gasteiger partial charge in [0.15, 0.2) is 5.96 Å². The van der Waals surface area contributed by atoms with Crippen molar-refractivity contribution in [3.05, 3.63) is 60.2 Å². The molecule has 2 aliphatic heterocycles. The first kappa shape index (κ1) is 23.7. The van der Waals surface area contributed by atoms with Gasteiger partial charge in [0.05, 0.1) is 13.2 Å². The van der Waals surface area contributed by atoms with Crippen LogP contribution in [0.25, 0.3) is 0 Å². The molecule has 0 atom stereocenters. The molecule has 2 saturated heterocycles. The van der Waals surface area contributed by atoms with Crippen molar-refractivity contribution >= 4 is 35.6 Å². The Morgan fingerprint density at radius 3 is 2.32 bits per heavy atom. The van der Waals surface area contributed by atoms with E-state index in [9.17, 15) is 0 Å². The fourth-order valence-electron chi connectivity index (χ4n) is 4.04. The van der Waals surface area contributed by atoms with Crippen LogP contribution in [0.15, 0.2) is 59.6 Å². The zero-order valence-electron chi connectivity index (χ0n) is 18.2. The van der Waals surface area contributed by atoms with Gasteiger partial charge in [0.2, 0.25) is 0 Å². The maximum Gasteiger partial charge on any atom is 0.193 e. The lowest BCUT2D eigenvalue weighted by molar-refractivity contribution is 0.122. The molecule has 2 aromatic rings. The molecule has 4 rings (SSSR count). The van der Waals surface area contributed by atoms with Crippen LogP contribution in [0.2, 0.25) is 0 Å². The van der Waals surface area contributed by atoms with Crippen molar-refractivity contribution in [2.45, 2.75) is 25.5 Å². The van der Waals surface area contributed by atoms with E-state index in [-0.39, 0.29) is 30.1 Å². The lowest BCUT2D eigenvalue weighted by Gasteiger charge is -2.34. The SMILES string of the molecule is CN=C(NCc1ccc(N2CCOCC2)cc1)N1CCC(Oc2ccccc2)CC1.I. The van der Waals surface area contributed by atoms with Crippen LogP contribution in [0.5, 0.6) is 5.75 Å². The Labute approximate surface area is 202 Å². The van der Waals surface area contributed by atoms with Gasteiger partial charge >= 0.3 is 0 Å². The molecule has 0 bridgehead atoms. The third kappa shape index (κ3) is 6.74. The summed E-state index contributed by atoms with van der Waals surface area (Å²) in [6, 6.07) is 18.9. The molecule has 2 aliphatic rings. The summed E-state index contributed by atoms with van der Waals surface area (Å²) < 4.78 is 11.5. The van der Waals surface area contributed by atoms with Crippen molar-refractivity contribution < 1.29 is 9.47 Å². The first-order chi connectivity index (χ1) is 14.8. The minimum atomic E-state index is 0. The van der Waals surface area contributed by atoms with Crippen molar-refractivity contribution in [3.8, 4) is 5.75 Å². The second kappa shape index (κ2) is 12.1. The third-order valence-electron chi connectivity index (χ3n) is 5.76. The second-order valence-electron chi connectivity index (χ2n) is 7.78. The van der Waals surface area contributed by atoms with E-state index in [2.05, 4.69) is 44.4 Å². The molecule has 168 valence electrons. The normalized spacial score (nSPS) is 17.8. The number of rotatable bonds is 5. The third-order valence-corrected chi connectivity index (χ3v) is 5.76. The highest BCUT2D eigenvalue weighted by molar-refractivity contribution is 14.0. The monoisotopic (exact) mass is 536 g/mol. The van der Waals surface area contributed by atoms with Crippen molar-refractivity contribution in [1.82, 2.24) is 10.2 Å². The molecular formula is C24H33IN4O2. The van der Waals surface area contributed by atoms with Gasteiger partial charge < -0.3 is 24.6 Å². The lowest BCUT2D eigenvalue weighted by Crippen LogP contribution is -2.47. The Morgan fingerprint density at radius 2 is 1.68 bits per heavy atom. The Bertz CT molecular complexity index is 802. The van der Waals surface area contributed by atoms with Crippen LogP contribution >= 0.6 is 24.0 Å². The number of anilines is 1. The van der Waals surface area contributed by atoms with E-state index < -0.39 is 0 Å². The second-order valence-corrected chi connectivity index (χ2v) is 7.78. The fraction of sp³-hybridized carbons (Fsp3) is 0.458. The van der Waals surface area contributed by atoms with Gasteiger partial charge in [-0.05, 0) is 29.8 Å². The number of guanidine groups is 1. The number of piperidine rings is 1. The van der Waals surface area contributed by atoms with Crippen LogP contribution in [-0.2, 0) is 11.3 Å². The van der Waals surface area contributed by atoms with E-state index in [1.54, 1.807) is 0 Å². The highest BCUT2D eigenvalue weighted by Gasteiger charge is 2.22. The van der Waals surface area contributed by atoms with Gasteiger partial charge in [0, 0.05) is 58.3 Å². The van der Waals surface area contributed by atoms with E-state index in [0.29, 0.717) is 0 Å². The van der Waals surface area contributed by atoms with Gasteiger partial charge in [-0.3, -0.25) is 4.99 Å². The van der Waals surface area contributed by atoms with E-state index >= 15 is 0 Å². The summed E-state index contributed by atoms with van der Waals surface area (Å²) >= 11 is 0.